The molecule has 0 saturated heterocycles. The molecule has 20 heavy (non-hydrogen) atoms. The third kappa shape index (κ3) is 4.53. The summed E-state index contributed by atoms with van der Waals surface area (Å²) in [4.78, 5) is 20.8. The number of anilines is 1. The number of aliphatic carboxylic acids is 1. The summed E-state index contributed by atoms with van der Waals surface area (Å²) in [5.74, 6) is -2.67. The van der Waals surface area contributed by atoms with E-state index in [9.17, 15) is 18.0 Å². The van der Waals surface area contributed by atoms with E-state index >= 15 is 0 Å². The summed E-state index contributed by atoms with van der Waals surface area (Å²) in [6.07, 6.45) is 0. The number of nitrogens with one attached hydrogen (secondary N) is 1. The van der Waals surface area contributed by atoms with Crippen LogP contribution >= 0.6 is 24.0 Å². The number of nitrogens with two attached hydrogens (primary N) is 1. The van der Waals surface area contributed by atoms with Gasteiger partial charge in [0.15, 0.2) is 0 Å². The number of carbonyl (C=O) groups is 2. The van der Waals surface area contributed by atoms with E-state index in [0.717, 1.165) is 12.1 Å². The highest BCUT2D eigenvalue weighted by molar-refractivity contribution is 7.89. The number of carboxylic acid groups (broad SMARTS) is 2. The zero-order valence-electron chi connectivity index (χ0n) is 9.66. The number of aromatic carboxylic acids is 1. The number of carboxylic acids is 2. The number of rotatable bonds is 5. The number of halogens is 2. The molecule has 0 fully saturated rings. The van der Waals surface area contributed by atoms with Gasteiger partial charge in [-0.15, -0.1) is 12.4 Å². The first-order valence-electron chi connectivity index (χ1n) is 4.68. The van der Waals surface area contributed by atoms with Crippen molar-refractivity contribution in [1.29, 1.82) is 0 Å². The molecular formula is C9H10Cl2N2O6S. The normalized spacial score (nSPS) is 10.5. The lowest BCUT2D eigenvalue weighted by atomic mass is 10.2. The third-order valence-electron chi connectivity index (χ3n) is 2.04. The SMILES string of the molecule is Cl.NS(=O)(=O)c1cc(C(=O)O)c(NCC(=O)O)cc1Cl. The second kappa shape index (κ2) is 6.75. The highest BCUT2D eigenvalue weighted by Gasteiger charge is 2.20. The molecule has 0 spiro atoms. The van der Waals surface area contributed by atoms with Gasteiger partial charge in [0.05, 0.1) is 16.3 Å². The van der Waals surface area contributed by atoms with E-state index in [-0.39, 0.29) is 23.1 Å². The van der Waals surface area contributed by atoms with E-state index in [1.807, 2.05) is 0 Å². The van der Waals surface area contributed by atoms with Crippen LogP contribution in [0.4, 0.5) is 5.69 Å². The Morgan fingerprint density at radius 1 is 1.30 bits per heavy atom. The number of sulfonamides is 1. The lowest BCUT2D eigenvalue weighted by Gasteiger charge is -2.10. The van der Waals surface area contributed by atoms with Crippen LogP contribution in [0.5, 0.6) is 0 Å². The Labute approximate surface area is 125 Å². The van der Waals surface area contributed by atoms with Crippen molar-refractivity contribution in [3.63, 3.8) is 0 Å². The fraction of sp³-hybridized carbons (Fsp3) is 0.111. The fourth-order valence-electron chi connectivity index (χ4n) is 1.27. The van der Waals surface area contributed by atoms with Crippen LogP contribution in [0.3, 0.4) is 0 Å². The van der Waals surface area contributed by atoms with E-state index in [2.05, 4.69) is 5.32 Å². The van der Waals surface area contributed by atoms with E-state index < -0.39 is 39.0 Å². The van der Waals surface area contributed by atoms with Gasteiger partial charge in [-0.1, -0.05) is 11.6 Å². The standard InChI is InChI=1S/C9H9ClN2O6S.ClH/c10-5-2-6(12-3-8(13)14)4(9(15)16)1-7(5)19(11,17)18;/h1-2,12H,3H2,(H,13,14)(H,15,16)(H2,11,17,18);1H. The van der Waals surface area contributed by atoms with E-state index in [1.54, 1.807) is 0 Å². The van der Waals surface area contributed by atoms with Crippen LogP contribution in [0.2, 0.25) is 5.02 Å². The molecule has 0 saturated carbocycles. The van der Waals surface area contributed by atoms with Crippen molar-refractivity contribution in [2.45, 2.75) is 4.90 Å². The Morgan fingerprint density at radius 2 is 1.85 bits per heavy atom. The number of hydrogen-bond donors (Lipinski definition) is 4. The minimum Gasteiger partial charge on any atom is -0.480 e. The van der Waals surface area contributed by atoms with Gasteiger partial charge < -0.3 is 15.5 Å². The van der Waals surface area contributed by atoms with Crippen LogP contribution in [-0.4, -0.2) is 37.1 Å². The summed E-state index contributed by atoms with van der Waals surface area (Å²) in [5.41, 5.74) is -0.568. The van der Waals surface area contributed by atoms with Gasteiger partial charge in [-0.3, -0.25) is 4.79 Å². The largest absolute Gasteiger partial charge is 0.480 e. The molecule has 5 N–H and O–H groups in total. The van der Waals surface area contributed by atoms with Crippen molar-refractivity contribution < 1.29 is 28.2 Å². The molecule has 8 nitrogen and oxygen atoms in total. The van der Waals surface area contributed by atoms with Gasteiger partial charge in [0.2, 0.25) is 10.0 Å². The average Bonchev–Trinajstić information content (AvgIpc) is 2.23. The first-order chi connectivity index (χ1) is 8.62. The number of benzene rings is 1. The predicted molar refractivity (Wildman–Crippen MR) is 73.2 cm³/mol. The Hall–Kier alpha value is -1.55. The monoisotopic (exact) mass is 344 g/mol. The van der Waals surface area contributed by atoms with Crippen molar-refractivity contribution in [2.75, 3.05) is 11.9 Å². The summed E-state index contributed by atoms with van der Waals surface area (Å²) in [6.45, 7) is -0.550. The molecular weight excluding hydrogens is 335 g/mol. The maximum Gasteiger partial charge on any atom is 0.337 e. The highest BCUT2D eigenvalue weighted by atomic mass is 35.5. The van der Waals surface area contributed by atoms with Crippen LogP contribution in [0.15, 0.2) is 17.0 Å². The summed E-state index contributed by atoms with van der Waals surface area (Å²) < 4.78 is 22.4. The molecule has 0 aliphatic carbocycles. The Kier molecular flexibility index (Phi) is 6.23. The smallest absolute Gasteiger partial charge is 0.337 e. The molecule has 0 aliphatic rings. The first-order valence-corrected chi connectivity index (χ1v) is 6.60. The molecule has 0 radical (unpaired) electrons. The molecule has 1 aromatic carbocycles. The summed E-state index contributed by atoms with van der Waals surface area (Å²) in [7, 11) is -4.18. The van der Waals surface area contributed by atoms with Gasteiger partial charge in [0.1, 0.15) is 11.4 Å². The lowest BCUT2D eigenvalue weighted by Crippen LogP contribution is -2.17. The Morgan fingerprint density at radius 3 is 2.25 bits per heavy atom. The van der Waals surface area contributed by atoms with Gasteiger partial charge in [-0.05, 0) is 12.1 Å². The molecule has 0 bridgehead atoms. The zero-order valence-corrected chi connectivity index (χ0v) is 12.0. The molecule has 0 unspecified atom stereocenters. The summed E-state index contributed by atoms with van der Waals surface area (Å²) in [5, 5.41) is 24.3. The maximum atomic E-state index is 11.2. The minimum absolute atomic E-state index is 0. The van der Waals surface area contributed by atoms with Gasteiger partial charge in [-0.2, -0.15) is 0 Å². The molecule has 0 aliphatic heterocycles. The molecule has 11 heteroatoms. The highest BCUT2D eigenvalue weighted by Crippen LogP contribution is 2.28. The first kappa shape index (κ1) is 18.4. The van der Waals surface area contributed by atoms with E-state index in [1.165, 1.54) is 0 Å². The second-order valence-electron chi connectivity index (χ2n) is 3.43. The third-order valence-corrected chi connectivity index (χ3v) is 3.41. The van der Waals surface area contributed by atoms with Crippen LogP contribution in [-0.2, 0) is 14.8 Å². The fourth-order valence-corrected chi connectivity index (χ4v) is 2.36. The Bertz CT molecular complexity index is 646. The van der Waals surface area contributed by atoms with Gasteiger partial charge in [0, 0.05) is 0 Å². The van der Waals surface area contributed by atoms with Crippen LogP contribution in [0.25, 0.3) is 0 Å². The predicted octanol–water partition coefficient (Wildman–Crippen LogP) is 0.604. The van der Waals surface area contributed by atoms with E-state index in [4.69, 9.17) is 27.0 Å². The van der Waals surface area contributed by atoms with Gasteiger partial charge in [0.25, 0.3) is 0 Å². The van der Waals surface area contributed by atoms with E-state index in [0.29, 0.717) is 0 Å². The van der Waals surface area contributed by atoms with Gasteiger partial charge in [-0.25, -0.2) is 18.4 Å². The molecule has 0 aromatic heterocycles. The maximum absolute atomic E-state index is 11.2. The quantitative estimate of drug-likeness (QED) is 0.611. The molecule has 112 valence electrons. The molecule has 0 heterocycles. The second-order valence-corrected chi connectivity index (χ2v) is 5.36. The number of primary sulfonamides is 1. The summed E-state index contributed by atoms with van der Waals surface area (Å²) in [6, 6.07) is 1.76. The van der Waals surface area contributed by atoms with Crippen LogP contribution in [0.1, 0.15) is 10.4 Å². The van der Waals surface area contributed by atoms with Gasteiger partial charge >= 0.3 is 11.9 Å². The molecule has 0 atom stereocenters. The molecule has 1 aromatic rings. The van der Waals surface area contributed by atoms with Crippen LogP contribution in [0, 0.1) is 0 Å². The minimum atomic E-state index is -4.18. The molecule has 1 rings (SSSR count). The van der Waals surface area contributed by atoms with Crippen molar-refractivity contribution >= 4 is 51.7 Å². The van der Waals surface area contributed by atoms with Crippen LogP contribution < -0.4 is 10.5 Å². The number of hydrogen-bond acceptors (Lipinski definition) is 5. The van der Waals surface area contributed by atoms with Crippen molar-refractivity contribution in [1.82, 2.24) is 0 Å². The van der Waals surface area contributed by atoms with Crippen molar-refractivity contribution in [3.05, 3.63) is 22.7 Å². The lowest BCUT2D eigenvalue weighted by molar-refractivity contribution is -0.134. The van der Waals surface area contributed by atoms with Crippen molar-refractivity contribution in [2.24, 2.45) is 5.14 Å². The van der Waals surface area contributed by atoms with Crippen molar-refractivity contribution in [3.8, 4) is 0 Å². The average molecular weight is 345 g/mol. The zero-order chi connectivity index (χ0) is 14.8. The Balaban J connectivity index is 0.00000361. The molecule has 0 amide bonds. The summed E-state index contributed by atoms with van der Waals surface area (Å²) >= 11 is 5.67. The topological polar surface area (TPSA) is 147 Å².